The maximum absolute atomic E-state index is 10.7. The van der Waals surface area contributed by atoms with E-state index in [0.717, 1.165) is 11.3 Å². The van der Waals surface area contributed by atoms with E-state index >= 15 is 0 Å². The van der Waals surface area contributed by atoms with Gasteiger partial charge >= 0.3 is 0 Å². The van der Waals surface area contributed by atoms with Crippen molar-refractivity contribution in [1.29, 1.82) is 0 Å². The molecule has 7 nitrogen and oxygen atoms in total. The van der Waals surface area contributed by atoms with Crippen molar-refractivity contribution in [2.75, 3.05) is 24.2 Å². The third-order valence-electron chi connectivity index (χ3n) is 2.71. The van der Waals surface area contributed by atoms with Crippen molar-refractivity contribution in [2.24, 2.45) is 0 Å². The Hall–Kier alpha value is -2.83. The predicted molar refractivity (Wildman–Crippen MR) is 80.5 cm³/mol. The zero-order chi connectivity index (χ0) is 15.2. The van der Waals surface area contributed by atoms with Crippen LogP contribution in [0.3, 0.4) is 0 Å². The lowest BCUT2D eigenvalue weighted by Crippen LogP contribution is -2.13. The number of nitro groups is 1. The first-order chi connectivity index (χ1) is 10.0. The number of nitrogens with two attached hydrogens (primary N) is 1. The van der Waals surface area contributed by atoms with Gasteiger partial charge in [-0.3, -0.25) is 10.1 Å². The quantitative estimate of drug-likeness (QED) is 0.480. The second-order valence-electron chi connectivity index (χ2n) is 4.48. The van der Waals surface area contributed by atoms with Crippen molar-refractivity contribution in [2.45, 2.75) is 6.92 Å². The Bertz CT molecular complexity index is 646. The van der Waals surface area contributed by atoms with E-state index in [2.05, 4.69) is 10.3 Å². The molecular formula is C14H16N4O3. The van der Waals surface area contributed by atoms with Crippen LogP contribution in [0.5, 0.6) is 5.75 Å². The zero-order valence-corrected chi connectivity index (χ0v) is 11.6. The summed E-state index contributed by atoms with van der Waals surface area (Å²) in [7, 11) is 0. The van der Waals surface area contributed by atoms with Crippen LogP contribution in [0.2, 0.25) is 0 Å². The van der Waals surface area contributed by atoms with Crippen LogP contribution < -0.4 is 15.8 Å². The minimum Gasteiger partial charge on any atom is -0.492 e. The van der Waals surface area contributed by atoms with Crippen LogP contribution in [0, 0.1) is 17.0 Å². The van der Waals surface area contributed by atoms with Crippen LogP contribution in [0.25, 0.3) is 0 Å². The normalized spacial score (nSPS) is 10.1. The number of nitrogens with zero attached hydrogens (tertiary/aromatic N) is 2. The average Bonchev–Trinajstić information content (AvgIpc) is 2.43. The van der Waals surface area contributed by atoms with Gasteiger partial charge in [0.25, 0.3) is 5.69 Å². The largest absolute Gasteiger partial charge is 0.492 e. The minimum absolute atomic E-state index is 0.0930. The molecule has 3 N–H and O–H groups in total. The fourth-order valence-electron chi connectivity index (χ4n) is 1.79. The molecule has 0 saturated carbocycles. The minimum atomic E-state index is -0.507. The van der Waals surface area contributed by atoms with E-state index in [1.165, 1.54) is 12.1 Å². The summed E-state index contributed by atoms with van der Waals surface area (Å²) in [4.78, 5) is 14.2. The van der Waals surface area contributed by atoms with Gasteiger partial charge in [0.15, 0.2) is 0 Å². The van der Waals surface area contributed by atoms with Gasteiger partial charge in [0.05, 0.1) is 23.6 Å². The molecule has 0 unspecified atom stereocenters. The van der Waals surface area contributed by atoms with Crippen LogP contribution in [-0.4, -0.2) is 23.1 Å². The summed E-state index contributed by atoms with van der Waals surface area (Å²) in [5.41, 5.74) is 6.55. The smallest absolute Gasteiger partial charge is 0.276 e. The van der Waals surface area contributed by atoms with Crippen molar-refractivity contribution in [3.8, 4) is 5.75 Å². The number of benzene rings is 1. The number of aromatic nitrogens is 1. The van der Waals surface area contributed by atoms with Crippen molar-refractivity contribution in [3.05, 3.63) is 52.1 Å². The first-order valence-electron chi connectivity index (χ1n) is 6.40. The number of pyridine rings is 1. The third-order valence-corrected chi connectivity index (χ3v) is 2.71. The third kappa shape index (κ3) is 4.34. The summed E-state index contributed by atoms with van der Waals surface area (Å²) in [5, 5.41) is 13.7. The molecule has 1 heterocycles. The fourth-order valence-corrected chi connectivity index (χ4v) is 1.79. The van der Waals surface area contributed by atoms with Crippen molar-refractivity contribution in [3.63, 3.8) is 0 Å². The second-order valence-corrected chi connectivity index (χ2v) is 4.48. The summed E-state index contributed by atoms with van der Waals surface area (Å²) in [6.45, 7) is 2.86. The highest BCUT2D eigenvalue weighted by molar-refractivity contribution is 5.52. The Morgan fingerprint density at radius 3 is 2.90 bits per heavy atom. The molecule has 0 aliphatic heterocycles. The molecular weight excluding hydrogens is 272 g/mol. The van der Waals surface area contributed by atoms with Crippen molar-refractivity contribution >= 4 is 17.3 Å². The average molecular weight is 288 g/mol. The Balaban J connectivity index is 1.87. The molecule has 0 radical (unpaired) electrons. The number of hydrogen-bond acceptors (Lipinski definition) is 6. The van der Waals surface area contributed by atoms with Gasteiger partial charge in [-0.1, -0.05) is 12.1 Å². The highest BCUT2D eigenvalue weighted by atomic mass is 16.6. The Morgan fingerprint density at radius 2 is 2.19 bits per heavy atom. The molecule has 0 fully saturated rings. The summed E-state index contributed by atoms with van der Waals surface area (Å²) in [6.07, 6.45) is 0. The lowest BCUT2D eigenvalue weighted by Gasteiger charge is -2.09. The molecule has 0 spiro atoms. The van der Waals surface area contributed by atoms with Gasteiger partial charge in [0.1, 0.15) is 24.0 Å². The predicted octanol–water partition coefficient (Wildman–Crippen LogP) is 2.37. The molecule has 21 heavy (non-hydrogen) atoms. The molecule has 0 amide bonds. The summed E-state index contributed by atoms with van der Waals surface area (Å²) in [6, 6.07) is 10.3. The highest BCUT2D eigenvalue weighted by Gasteiger charge is 2.09. The maximum atomic E-state index is 10.7. The van der Waals surface area contributed by atoms with E-state index in [9.17, 15) is 10.1 Å². The van der Waals surface area contributed by atoms with E-state index in [1.807, 2.05) is 31.2 Å². The van der Waals surface area contributed by atoms with Crippen LogP contribution in [-0.2, 0) is 0 Å². The number of aryl methyl sites for hydroxylation is 1. The Morgan fingerprint density at radius 1 is 1.38 bits per heavy atom. The van der Waals surface area contributed by atoms with Gasteiger partial charge < -0.3 is 15.8 Å². The lowest BCUT2D eigenvalue weighted by atomic mass is 10.2. The van der Waals surface area contributed by atoms with E-state index in [4.69, 9.17) is 10.5 Å². The van der Waals surface area contributed by atoms with Gasteiger partial charge in [-0.15, -0.1) is 0 Å². The summed E-state index contributed by atoms with van der Waals surface area (Å²) in [5.74, 6) is 1.24. The molecule has 1 aromatic carbocycles. The highest BCUT2D eigenvalue weighted by Crippen LogP contribution is 2.18. The van der Waals surface area contributed by atoms with Crippen LogP contribution in [0.1, 0.15) is 5.56 Å². The molecule has 0 aliphatic carbocycles. The summed E-state index contributed by atoms with van der Waals surface area (Å²) < 4.78 is 5.56. The Labute approximate surface area is 121 Å². The van der Waals surface area contributed by atoms with Gasteiger partial charge in [-0.2, -0.15) is 0 Å². The molecule has 0 atom stereocenters. The number of hydrogen-bond donors (Lipinski definition) is 2. The van der Waals surface area contributed by atoms with Crippen molar-refractivity contribution in [1.82, 2.24) is 4.98 Å². The van der Waals surface area contributed by atoms with Gasteiger partial charge in [-0.05, 0) is 24.6 Å². The van der Waals surface area contributed by atoms with Gasteiger partial charge in [-0.25, -0.2) is 4.98 Å². The lowest BCUT2D eigenvalue weighted by molar-refractivity contribution is -0.384. The molecule has 7 heteroatoms. The molecule has 110 valence electrons. The number of anilines is 2. The Kier molecular flexibility index (Phi) is 4.55. The summed E-state index contributed by atoms with van der Waals surface area (Å²) >= 11 is 0. The number of nitrogen functional groups attached to an aromatic ring is 1. The van der Waals surface area contributed by atoms with Crippen LogP contribution >= 0.6 is 0 Å². The molecule has 2 rings (SSSR count). The maximum Gasteiger partial charge on any atom is 0.276 e. The van der Waals surface area contributed by atoms with E-state index in [-0.39, 0.29) is 11.5 Å². The first-order valence-corrected chi connectivity index (χ1v) is 6.40. The zero-order valence-electron chi connectivity index (χ0n) is 11.6. The van der Waals surface area contributed by atoms with E-state index in [1.54, 1.807) is 0 Å². The topological polar surface area (TPSA) is 103 Å². The molecule has 0 aliphatic rings. The standard InChI is InChI=1S/C14H16N4O3/c1-10-3-2-4-12(7-10)21-6-5-16-14-9-11(18(19)20)8-13(15)17-14/h2-4,7-9H,5-6H2,1H3,(H3,15,16,17). The first kappa shape index (κ1) is 14.6. The van der Waals surface area contributed by atoms with E-state index in [0.29, 0.717) is 19.0 Å². The van der Waals surface area contributed by atoms with Crippen LogP contribution in [0.15, 0.2) is 36.4 Å². The SMILES string of the molecule is Cc1cccc(OCCNc2cc([N+](=O)[O-])cc(N)n2)c1. The molecule has 0 bridgehead atoms. The second kappa shape index (κ2) is 6.56. The monoisotopic (exact) mass is 288 g/mol. The van der Waals surface area contributed by atoms with Crippen molar-refractivity contribution < 1.29 is 9.66 Å². The van der Waals surface area contributed by atoms with Crippen LogP contribution in [0.4, 0.5) is 17.3 Å². The molecule has 0 saturated heterocycles. The molecule has 1 aromatic heterocycles. The number of ether oxygens (including phenoxy) is 1. The van der Waals surface area contributed by atoms with E-state index < -0.39 is 4.92 Å². The van der Waals surface area contributed by atoms with Gasteiger partial charge in [0.2, 0.25) is 0 Å². The number of rotatable bonds is 6. The van der Waals surface area contributed by atoms with Gasteiger partial charge in [0, 0.05) is 0 Å². The number of nitrogens with one attached hydrogen (secondary N) is 1. The molecule has 2 aromatic rings. The fraction of sp³-hybridized carbons (Fsp3) is 0.214.